The van der Waals surface area contributed by atoms with Gasteiger partial charge in [0, 0.05) is 57.2 Å². The van der Waals surface area contributed by atoms with Crippen LogP contribution < -0.4 is 16.0 Å². The molecule has 0 spiro atoms. The fraction of sp³-hybridized carbons (Fsp3) is 0.368. The van der Waals surface area contributed by atoms with E-state index >= 15 is 0 Å². The lowest BCUT2D eigenvalue weighted by Gasteiger charge is -2.36. The summed E-state index contributed by atoms with van der Waals surface area (Å²) in [4.78, 5) is 5.00. The van der Waals surface area contributed by atoms with E-state index in [1.165, 1.54) is 11.3 Å². The Bertz CT molecular complexity index is 574. The summed E-state index contributed by atoms with van der Waals surface area (Å²) >= 11 is 0. The number of nitrogens with two attached hydrogens (primary N) is 1. The first-order chi connectivity index (χ1) is 11.3. The number of piperazine rings is 1. The van der Waals surface area contributed by atoms with E-state index in [1.807, 2.05) is 0 Å². The van der Waals surface area contributed by atoms with Crippen molar-refractivity contribution in [1.82, 2.24) is 4.90 Å². The number of hydrogen-bond donors (Lipinski definition) is 2. The maximum Gasteiger partial charge on any atom is 0.0368 e. The zero-order valence-corrected chi connectivity index (χ0v) is 13.6. The Morgan fingerprint density at radius 1 is 0.870 bits per heavy atom. The average Bonchev–Trinajstić information content (AvgIpc) is 2.62. The zero-order valence-electron chi connectivity index (χ0n) is 13.6. The van der Waals surface area contributed by atoms with Crippen LogP contribution in [0.1, 0.15) is 5.56 Å². The molecule has 1 fully saturated rings. The van der Waals surface area contributed by atoms with Gasteiger partial charge >= 0.3 is 0 Å². The highest BCUT2D eigenvalue weighted by molar-refractivity contribution is 5.55. The number of nitrogens with zero attached hydrogens (tertiary/aromatic N) is 2. The van der Waals surface area contributed by atoms with Crippen LogP contribution in [0.3, 0.4) is 0 Å². The van der Waals surface area contributed by atoms with Crippen LogP contribution in [0.2, 0.25) is 0 Å². The molecule has 122 valence electrons. The van der Waals surface area contributed by atoms with Crippen molar-refractivity contribution in [2.24, 2.45) is 5.73 Å². The van der Waals surface area contributed by atoms with Gasteiger partial charge < -0.3 is 16.0 Å². The molecule has 1 aliphatic rings. The largest absolute Gasteiger partial charge is 0.384 e. The second-order valence-corrected chi connectivity index (χ2v) is 6.01. The molecule has 0 amide bonds. The predicted molar refractivity (Wildman–Crippen MR) is 97.9 cm³/mol. The molecule has 0 aromatic heterocycles. The van der Waals surface area contributed by atoms with Crippen LogP contribution >= 0.6 is 0 Å². The lowest BCUT2D eigenvalue weighted by molar-refractivity contribution is 0.250. The van der Waals surface area contributed by atoms with Gasteiger partial charge in [-0.15, -0.1) is 0 Å². The number of anilines is 2. The average molecular weight is 310 g/mol. The molecule has 2 aromatic carbocycles. The van der Waals surface area contributed by atoms with E-state index in [0.717, 1.165) is 45.0 Å². The summed E-state index contributed by atoms with van der Waals surface area (Å²) in [7, 11) is 0. The van der Waals surface area contributed by atoms with Crippen LogP contribution in [0.25, 0.3) is 0 Å². The summed E-state index contributed by atoms with van der Waals surface area (Å²) < 4.78 is 0. The fourth-order valence-corrected chi connectivity index (χ4v) is 3.01. The van der Waals surface area contributed by atoms with E-state index < -0.39 is 0 Å². The molecule has 4 nitrogen and oxygen atoms in total. The first kappa shape index (κ1) is 15.8. The van der Waals surface area contributed by atoms with Crippen molar-refractivity contribution in [3.05, 3.63) is 60.2 Å². The minimum absolute atomic E-state index is 0.658. The summed E-state index contributed by atoms with van der Waals surface area (Å²) in [6, 6.07) is 19.4. The van der Waals surface area contributed by atoms with Crippen molar-refractivity contribution >= 4 is 11.4 Å². The highest BCUT2D eigenvalue weighted by atomic mass is 15.3. The molecule has 0 aliphatic carbocycles. The van der Waals surface area contributed by atoms with Gasteiger partial charge in [0.15, 0.2) is 0 Å². The molecule has 2 aromatic rings. The maximum atomic E-state index is 5.52. The van der Waals surface area contributed by atoms with E-state index in [0.29, 0.717) is 6.54 Å². The van der Waals surface area contributed by atoms with Crippen molar-refractivity contribution in [3.63, 3.8) is 0 Å². The van der Waals surface area contributed by atoms with E-state index in [9.17, 15) is 0 Å². The van der Waals surface area contributed by atoms with Crippen LogP contribution in [0, 0.1) is 0 Å². The van der Waals surface area contributed by atoms with Crippen molar-refractivity contribution in [2.75, 3.05) is 49.5 Å². The molecule has 0 radical (unpaired) electrons. The van der Waals surface area contributed by atoms with Gasteiger partial charge in [0.25, 0.3) is 0 Å². The summed E-state index contributed by atoms with van der Waals surface area (Å²) in [5, 5.41) is 3.31. The van der Waals surface area contributed by atoms with Gasteiger partial charge in [-0.25, -0.2) is 0 Å². The molecular weight excluding hydrogens is 284 g/mol. The normalized spacial score (nSPS) is 15.6. The minimum Gasteiger partial charge on any atom is -0.384 e. The Balaban J connectivity index is 1.50. The van der Waals surface area contributed by atoms with Gasteiger partial charge in [0.1, 0.15) is 0 Å². The first-order valence-electron chi connectivity index (χ1n) is 8.40. The lowest BCUT2D eigenvalue weighted by Crippen LogP contribution is -2.45. The van der Waals surface area contributed by atoms with E-state index in [2.05, 4.69) is 69.7 Å². The van der Waals surface area contributed by atoms with Gasteiger partial charge in [-0.05, 0) is 29.8 Å². The third kappa shape index (κ3) is 4.47. The van der Waals surface area contributed by atoms with Gasteiger partial charge in [-0.1, -0.05) is 30.3 Å². The summed E-state index contributed by atoms with van der Waals surface area (Å²) in [5.41, 5.74) is 9.36. The minimum atomic E-state index is 0.658. The van der Waals surface area contributed by atoms with Crippen molar-refractivity contribution < 1.29 is 0 Å². The van der Waals surface area contributed by atoms with Gasteiger partial charge in [-0.3, -0.25) is 4.90 Å². The smallest absolute Gasteiger partial charge is 0.0368 e. The Morgan fingerprint density at radius 3 is 2.22 bits per heavy atom. The molecule has 1 saturated heterocycles. The monoisotopic (exact) mass is 310 g/mol. The van der Waals surface area contributed by atoms with Crippen molar-refractivity contribution in [1.29, 1.82) is 0 Å². The predicted octanol–water partition coefficient (Wildman–Crippen LogP) is 2.38. The molecule has 0 bridgehead atoms. The van der Waals surface area contributed by atoms with Crippen molar-refractivity contribution in [3.8, 4) is 0 Å². The summed E-state index contributed by atoms with van der Waals surface area (Å²) in [6.07, 6.45) is 0. The Kier molecular flexibility index (Phi) is 5.51. The lowest BCUT2D eigenvalue weighted by atomic mass is 10.2. The van der Waals surface area contributed by atoms with Crippen LogP contribution in [-0.2, 0) is 6.54 Å². The molecule has 1 aliphatic heterocycles. The molecule has 4 heteroatoms. The van der Waals surface area contributed by atoms with Gasteiger partial charge in [0.2, 0.25) is 0 Å². The first-order valence-corrected chi connectivity index (χ1v) is 8.40. The number of hydrogen-bond acceptors (Lipinski definition) is 4. The number of nitrogens with one attached hydrogen (secondary N) is 1. The Morgan fingerprint density at radius 2 is 1.57 bits per heavy atom. The summed E-state index contributed by atoms with van der Waals surface area (Å²) in [5.74, 6) is 0. The molecule has 3 rings (SSSR count). The third-order valence-electron chi connectivity index (χ3n) is 4.33. The molecule has 1 heterocycles. The van der Waals surface area contributed by atoms with E-state index in [-0.39, 0.29) is 0 Å². The Hall–Kier alpha value is -2.04. The van der Waals surface area contributed by atoms with Crippen LogP contribution in [0.4, 0.5) is 11.4 Å². The van der Waals surface area contributed by atoms with E-state index in [4.69, 9.17) is 5.73 Å². The van der Waals surface area contributed by atoms with Gasteiger partial charge in [-0.2, -0.15) is 0 Å². The second-order valence-electron chi connectivity index (χ2n) is 6.01. The third-order valence-corrected chi connectivity index (χ3v) is 4.33. The standard InChI is InChI=1S/C19H26N4/c20-10-11-21-18-6-8-19(9-7-18)23-14-12-22(13-15-23)16-17-4-2-1-3-5-17/h1-9,21H,10-16,20H2. The highest BCUT2D eigenvalue weighted by Gasteiger charge is 2.17. The second kappa shape index (κ2) is 7.99. The maximum absolute atomic E-state index is 5.52. The van der Waals surface area contributed by atoms with Crippen molar-refractivity contribution in [2.45, 2.75) is 6.54 Å². The quantitative estimate of drug-likeness (QED) is 0.860. The molecule has 3 N–H and O–H groups in total. The molecule has 0 atom stereocenters. The molecule has 23 heavy (non-hydrogen) atoms. The SMILES string of the molecule is NCCNc1ccc(N2CCN(Cc3ccccc3)CC2)cc1. The molecule has 0 saturated carbocycles. The Labute approximate surface area is 138 Å². The zero-order chi connectivity index (χ0) is 15.9. The van der Waals surface area contributed by atoms with Gasteiger partial charge in [0.05, 0.1) is 0 Å². The number of rotatable bonds is 6. The highest BCUT2D eigenvalue weighted by Crippen LogP contribution is 2.20. The molecular formula is C19H26N4. The summed E-state index contributed by atoms with van der Waals surface area (Å²) in [6.45, 7) is 6.92. The van der Waals surface area contributed by atoms with Crippen LogP contribution in [-0.4, -0.2) is 44.2 Å². The molecule has 0 unspecified atom stereocenters. The number of benzene rings is 2. The topological polar surface area (TPSA) is 44.5 Å². The fourth-order valence-electron chi connectivity index (χ4n) is 3.01. The van der Waals surface area contributed by atoms with Crippen LogP contribution in [0.5, 0.6) is 0 Å². The van der Waals surface area contributed by atoms with Crippen LogP contribution in [0.15, 0.2) is 54.6 Å². The van der Waals surface area contributed by atoms with E-state index in [1.54, 1.807) is 0 Å².